The van der Waals surface area contributed by atoms with Crippen LogP contribution in [0.15, 0.2) is 42.5 Å². The fourth-order valence-corrected chi connectivity index (χ4v) is 9.34. The van der Waals surface area contributed by atoms with E-state index in [2.05, 4.69) is 21.2 Å². The quantitative estimate of drug-likeness (QED) is 0.270. The number of phenols is 1. The minimum absolute atomic E-state index is 0.189. The van der Waals surface area contributed by atoms with Crippen LogP contribution < -0.4 is 15.0 Å². The highest BCUT2D eigenvalue weighted by Gasteiger charge is 2.62. The maximum atomic E-state index is 14.7. The number of phenolic OH excluding ortho intramolecular Hbond substituents is 1. The lowest BCUT2D eigenvalue weighted by atomic mass is 9.89. The first-order chi connectivity index (χ1) is 21.3. The summed E-state index contributed by atoms with van der Waals surface area (Å²) in [5.74, 6) is 1.03. The molecule has 4 atom stereocenters. The van der Waals surface area contributed by atoms with Crippen LogP contribution in [0.5, 0.6) is 11.8 Å². The number of piperazine rings is 1. The van der Waals surface area contributed by atoms with Crippen LogP contribution in [0.3, 0.4) is 0 Å². The summed E-state index contributed by atoms with van der Waals surface area (Å²) >= 11 is 7.13. The molecule has 1 spiro atoms. The predicted octanol–water partition coefficient (Wildman–Crippen LogP) is 6.40. The number of ether oxygens (including phenoxy) is 1. The molecule has 7 nitrogen and oxygen atoms in total. The number of nitrogens with one attached hydrogen (secondary N) is 1. The van der Waals surface area contributed by atoms with Crippen LogP contribution in [0.1, 0.15) is 44.1 Å². The molecule has 0 amide bonds. The third-order valence-corrected chi connectivity index (χ3v) is 11.4. The number of anilines is 1. The number of nitrogens with zero attached hydrogens (tertiary/aromatic N) is 4. The molecular formula is C35H37ClFN5O2. The smallest absolute Gasteiger partial charge is 0.319 e. The molecule has 9 heteroatoms. The summed E-state index contributed by atoms with van der Waals surface area (Å²) in [6.07, 6.45) is 5.47. The van der Waals surface area contributed by atoms with Gasteiger partial charge in [-0.3, -0.25) is 4.90 Å². The predicted molar refractivity (Wildman–Crippen MR) is 172 cm³/mol. The Labute approximate surface area is 261 Å². The fraction of sp³-hybridized carbons (Fsp3) is 0.486. The second-order valence-electron chi connectivity index (χ2n) is 14.2. The third kappa shape index (κ3) is 4.28. The van der Waals surface area contributed by atoms with Gasteiger partial charge in [-0.2, -0.15) is 9.97 Å². The zero-order valence-electron chi connectivity index (χ0n) is 25.0. The summed E-state index contributed by atoms with van der Waals surface area (Å²) in [7, 11) is 0. The van der Waals surface area contributed by atoms with Crippen LogP contribution in [0.25, 0.3) is 32.8 Å². The average molecular weight is 614 g/mol. The van der Waals surface area contributed by atoms with E-state index < -0.39 is 6.17 Å². The summed E-state index contributed by atoms with van der Waals surface area (Å²) in [6.45, 7) is 5.64. The molecule has 5 heterocycles. The Balaban J connectivity index is 1.17. The van der Waals surface area contributed by atoms with Crippen LogP contribution >= 0.6 is 11.6 Å². The van der Waals surface area contributed by atoms with Gasteiger partial charge in [-0.15, -0.1) is 0 Å². The van der Waals surface area contributed by atoms with Gasteiger partial charge in [-0.05, 0) is 84.5 Å². The van der Waals surface area contributed by atoms with Gasteiger partial charge in [-0.1, -0.05) is 35.9 Å². The summed E-state index contributed by atoms with van der Waals surface area (Å²) < 4.78 is 21.3. The zero-order chi connectivity index (χ0) is 29.8. The number of hydrogen-bond donors (Lipinski definition) is 2. The average Bonchev–Trinajstić information content (AvgIpc) is 3.44. The van der Waals surface area contributed by atoms with Crippen LogP contribution in [-0.4, -0.2) is 76.6 Å². The molecule has 5 fully saturated rings. The number of hydrogen-bond acceptors (Lipinski definition) is 7. The molecule has 0 radical (unpaired) electrons. The second-order valence-corrected chi connectivity index (χ2v) is 14.6. The minimum Gasteiger partial charge on any atom is -0.508 e. The van der Waals surface area contributed by atoms with Crippen LogP contribution in [0, 0.1) is 12.3 Å². The molecule has 2 N–H and O–H groups in total. The molecule has 2 bridgehead atoms. The Kier molecular flexibility index (Phi) is 5.95. The van der Waals surface area contributed by atoms with Gasteiger partial charge in [0.25, 0.3) is 0 Å². The summed E-state index contributed by atoms with van der Waals surface area (Å²) in [5.41, 5.74) is 3.47. The molecule has 3 aromatic carbocycles. The van der Waals surface area contributed by atoms with Crippen LogP contribution in [0.2, 0.25) is 5.02 Å². The van der Waals surface area contributed by atoms with Gasteiger partial charge in [0.05, 0.1) is 11.1 Å². The fourth-order valence-electron chi connectivity index (χ4n) is 8.99. The lowest BCUT2D eigenvalue weighted by Gasteiger charge is -2.35. The number of benzene rings is 3. The molecule has 2 unspecified atom stereocenters. The molecular weight excluding hydrogens is 577 g/mol. The Hall–Kier alpha value is -3.20. The van der Waals surface area contributed by atoms with Crippen LogP contribution in [-0.2, 0) is 0 Å². The number of aromatic hydroxyl groups is 1. The highest BCUT2D eigenvalue weighted by atomic mass is 35.5. The maximum Gasteiger partial charge on any atom is 0.319 e. The van der Waals surface area contributed by atoms with E-state index in [4.69, 9.17) is 26.3 Å². The Morgan fingerprint density at radius 2 is 1.86 bits per heavy atom. The minimum atomic E-state index is -0.817. The van der Waals surface area contributed by atoms with Gasteiger partial charge in [0, 0.05) is 60.7 Å². The highest BCUT2D eigenvalue weighted by molar-refractivity contribution is 6.35. The van der Waals surface area contributed by atoms with Crippen molar-refractivity contribution in [3.63, 3.8) is 0 Å². The highest BCUT2D eigenvalue weighted by Crippen LogP contribution is 2.60. The van der Waals surface area contributed by atoms with E-state index in [1.165, 1.54) is 12.8 Å². The lowest BCUT2D eigenvalue weighted by Crippen LogP contribution is -2.51. The molecule has 9 rings (SSSR count). The second kappa shape index (κ2) is 9.65. The molecule has 4 saturated heterocycles. The summed E-state index contributed by atoms with van der Waals surface area (Å²) in [5, 5.41) is 17.8. The van der Waals surface area contributed by atoms with Gasteiger partial charge in [-0.25, -0.2) is 4.39 Å². The standard InChI is InChI=1S/C35H37ClFN5O2/c1-20-30(27-11-25(43)10-21-4-2-3-5-26(21)27)29(36)12-28-31(20)39-33(40-32(28)41-15-23-6-7-24(16-41)38-23)44-19-35-13-22(37)14-42(35)18-34(17-35)8-9-34/h2-5,10-12,22-24,38,43H,6-9,13-19H2,1H3/t22-,23?,24?,35+/m1/s1. The van der Waals surface area contributed by atoms with E-state index >= 15 is 0 Å². The van der Waals surface area contributed by atoms with Gasteiger partial charge in [0.2, 0.25) is 0 Å². The van der Waals surface area contributed by atoms with E-state index in [1.807, 2.05) is 31.2 Å². The van der Waals surface area contributed by atoms with Crippen molar-refractivity contribution in [3.05, 3.63) is 53.1 Å². The van der Waals surface area contributed by atoms with Crippen molar-refractivity contribution in [3.8, 4) is 22.9 Å². The molecule has 4 aromatic rings. The number of alkyl halides is 1. The number of fused-ring (bicyclic) bond motifs is 5. The molecule has 1 aliphatic carbocycles. The molecule has 1 saturated carbocycles. The molecule has 5 aliphatic rings. The molecule has 4 aliphatic heterocycles. The Bertz CT molecular complexity index is 1820. The number of aromatic nitrogens is 2. The maximum absolute atomic E-state index is 14.7. The first-order valence-electron chi connectivity index (χ1n) is 16.0. The summed E-state index contributed by atoms with van der Waals surface area (Å²) in [6, 6.07) is 14.8. The first kappa shape index (κ1) is 27.1. The SMILES string of the molecule is Cc1c(-c2cc(O)cc3ccccc23)c(Cl)cc2c(N3CC4CCC(C3)N4)nc(OC[C@@]34C[C@@H](F)CN3CC3(CC3)C4)nc12. The van der Waals surface area contributed by atoms with E-state index in [0.717, 1.165) is 83.1 Å². The van der Waals surface area contributed by atoms with Gasteiger partial charge >= 0.3 is 6.01 Å². The van der Waals surface area contributed by atoms with Crippen molar-refractivity contribution >= 4 is 39.1 Å². The van der Waals surface area contributed by atoms with Crippen molar-refractivity contribution < 1.29 is 14.2 Å². The number of aryl methyl sites for hydroxylation is 1. The van der Waals surface area contributed by atoms with E-state index in [9.17, 15) is 9.50 Å². The lowest BCUT2D eigenvalue weighted by molar-refractivity contribution is 0.107. The van der Waals surface area contributed by atoms with Crippen molar-refractivity contribution in [2.45, 2.75) is 69.2 Å². The molecule has 228 valence electrons. The first-order valence-corrected chi connectivity index (χ1v) is 16.4. The molecule has 44 heavy (non-hydrogen) atoms. The van der Waals surface area contributed by atoms with Gasteiger partial charge < -0.3 is 20.1 Å². The summed E-state index contributed by atoms with van der Waals surface area (Å²) in [4.78, 5) is 14.8. The van der Waals surface area contributed by atoms with Gasteiger partial charge in [0.1, 0.15) is 24.3 Å². The van der Waals surface area contributed by atoms with Crippen molar-refractivity contribution in [1.29, 1.82) is 0 Å². The Morgan fingerprint density at radius 1 is 1.07 bits per heavy atom. The monoisotopic (exact) mass is 613 g/mol. The van der Waals surface area contributed by atoms with Gasteiger partial charge in [0.15, 0.2) is 0 Å². The van der Waals surface area contributed by atoms with Crippen molar-refractivity contribution in [2.24, 2.45) is 5.41 Å². The third-order valence-electron chi connectivity index (χ3n) is 11.1. The van der Waals surface area contributed by atoms with Crippen molar-refractivity contribution in [1.82, 2.24) is 20.2 Å². The number of rotatable bonds is 5. The number of halogens is 2. The normalized spacial score (nSPS) is 28.8. The van der Waals surface area contributed by atoms with E-state index in [-0.39, 0.29) is 11.3 Å². The zero-order valence-corrected chi connectivity index (χ0v) is 25.7. The van der Waals surface area contributed by atoms with E-state index in [1.54, 1.807) is 12.1 Å². The topological polar surface area (TPSA) is 73.8 Å². The molecule has 1 aromatic heterocycles. The Morgan fingerprint density at radius 3 is 2.66 bits per heavy atom. The van der Waals surface area contributed by atoms with Crippen molar-refractivity contribution in [2.75, 3.05) is 37.7 Å². The largest absolute Gasteiger partial charge is 0.508 e. The van der Waals surface area contributed by atoms with Crippen LogP contribution in [0.4, 0.5) is 10.2 Å². The van der Waals surface area contributed by atoms with E-state index in [0.29, 0.717) is 48.1 Å².